The van der Waals surface area contributed by atoms with Crippen molar-refractivity contribution in [1.82, 2.24) is 10.2 Å². The number of likely N-dealkylation sites (tertiary alicyclic amines) is 1. The minimum Gasteiger partial charge on any atom is -0.459 e. The van der Waals surface area contributed by atoms with Crippen LogP contribution in [-0.2, 0) is 4.79 Å². The van der Waals surface area contributed by atoms with E-state index in [9.17, 15) is 9.59 Å². The summed E-state index contributed by atoms with van der Waals surface area (Å²) in [5, 5.41) is 3.10. The molecule has 1 saturated carbocycles. The Morgan fingerprint density at radius 1 is 1.15 bits per heavy atom. The third kappa shape index (κ3) is 3.39. The fraction of sp³-hybridized carbons (Fsp3) is 0.429. The minimum atomic E-state index is -0.228. The second-order valence-electron chi connectivity index (χ2n) is 7.45. The fourth-order valence-electron chi connectivity index (χ4n) is 3.81. The molecular formula is C21H24N2O3. The topological polar surface area (TPSA) is 62.6 Å². The maximum absolute atomic E-state index is 12.9. The first kappa shape index (κ1) is 16.9. The van der Waals surface area contributed by atoms with Crippen LogP contribution in [-0.4, -0.2) is 36.3 Å². The van der Waals surface area contributed by atoms with Gasteiger partial charge in [0.25, 0.3) is 5.91 Å². The summed E-state index contributed by atoms with van der Waals surface area (Å²) in [6, 6.07) is 11.5. The Bertz CT molecular complexity index is 795. The second-order valence-corrected chi connectivity index (χ2v) is 7.45. The summed E-state index contributed by atoms with van der Waals surface area (Å²) in [5.74, 6) is 0.653. The molecule has 1 aliphatic carbocycles. The molecular weight excluding hydrogens is 328 g/mol. The molecule has 0 bridgehead atoms. The van der Waals surface area contributed by atoms with E-state index in [1.807, 2.05) is 12.1 Å². The van der Waals surface area contributed by atoms with E-state index in [1.165, 1.54) is 19.1 Å². The van der Waals surface area contributed by atoms with E-state index >= 15 is 0 Å². The number of furan rings is 1. The normalized spacial score (nSPS) is 22.4. The largest absolute Gasteiger partial charge is 0.459 e. The van der Waals surface area contributed by atoms with E-state index < -0.39 is 0 Å². The van der Waals surface area contributed by atoms with Crippen LogP contribution < -0.4 is 5.32 Å². The molecule has 5 heteroatoms. The lowest BCUT2D eigenvalue weighted by molar-refractivity contribution is -0.125. The Hall–Kier alpha value is -2.56. The highest BCUT2D eigenvalue weighted by atomic mass is 16.3. The van der Waals surface area contributed by atoms with Crippen molar-refractivity contribution in [2.75, 3.05) is 19.6 Å². The lowest BCUT2D eigenvalue weighted by atomic mass is 9.86. The zero-order chi connectivity index (χ0) is 18.1. The summed E-state index contributed by atoms with van der Waals surface area (Å²) in [7, 11) is 0. The van der Waals surface area contributed by atoms with E-state index in [0.29, 0.717) is 24.8 Å². The highest BCUT2D eigenvalue weighted by Crippen LogP contribution is 2.36. The van der Waals surface area contributed by atoms with Gasteiger partial charge in [-0.3, -0.25) is 9.59 Å². The number of hydrogen-bond donors (Lipinski definition) is 1. The number of carbonyl (C=O) groups excluding carboxylic acids is 2. The molecule has 2 atom stereocenters. The van der Waals surface area contributed by atoms with E-state index in [2.05, 4.69) is 24.4 Å². The van der Waals surface area contributed by atoms with Crippen LogP contribution in [0.15, 0.2) is 47.1 Å². The maximum Gasteiger partial charge on any atom is 0.289 e. The predicted molar refractivity (Wildman–Crippen MR) is 97.8 cm³/mol. The number of hydrogen-bond acceptors (Lipinski definition) is 3. The molecule has 2 heterocycles. The highest BCUT2D eigenvalue weighted by Gasteiger charge is 2.41. The van der Waals surface area contributed by atoms with Gasteiger partial charge in [0, 0.05) is 25.6 Å². The highest BCUT2D eigenvalue weighted by molar-refractivity contribution is 5.92. The zero-order valence-electron chi connectivity index (χ0n) is 15.0. The molecule has 1 N–H and O–H groups in total. The van der Waals surface area contributed by atoms with Crippen LogP contribution in [0.4, 0.5) is 0 Å². The van der Waals surface area contributed by atoms with Gasteiger partial charge < -0.3 is 14.6 Å². The predicted octanol–water partition coefficient (Wildman–Crippen LogP) is 2.97. The Kier molecular flexibility index (Phi) is 4.53. The van der Waals surface area contributed by atoms with Crippen molar-refractivity contribution in [3.8, 4) is 0 Å². The van der Waals surface area contributed by atoms with Gasteiger partial charge in [0.05, 0.1) is 12.2 Å². The van der Waals surface area contributed by atoms with Gasteiger partial charge in [-0.1, -0.05) is 24.3 Å². The van der Waals surface area contributed by atoms with Crippen LogP contribution in [0.3, 0.4) is 0 Å². The number of nitrogens with zero attached hydrogens (tertiary/aromatic N) is 1. The molecule has 1 aromatic heterocycles. The van der Waals surface area contributed by atoms with Crippen molar-refractivity contribution in [3.05, 3.63) is 59.5 Å². The van der Waals surface area contributed by atoms with Gasteiger partial charge >= 0.3 is 0 Å². The lowest BCUT2D eigenvalue weighted by Gasteiger charge is -2.19. The van der Waals surface area contributed by atoms with E-state index in [-0.39, 0.29) is 23.7 Å². The number of benzene rings is 1. The van der Waals surface area contributed by atoms with Gasteiger partial charge in [-0.2, -0.15) is 0 Å². The molecule has 2 unspecified atom stereocenters. The van der Waals surface area contributed by atoms with Gasteiger partial charge in [0.2, 0.25) is 5.91 Å². The molecule has 0 spiro atoms. The molecule has 2 aromatic rings. The monoisotopic (exact) mass is 352 g/mol. The SMILES string of the molecule is Cc1ccccc1C1CN(C(=O)c2ccco2)CC1C(=O)NCC1CC1. The van der Waals surface area contributed by atoms with Gasteiger partial charge in [-0.25, -0.2) is 0 Å². The van der Waals surface area contributed by atoms with E-state index in [1.54, 1.807) is 17.0 Å². The van der Waals surface area contributed by atoms with E-state index in [4.69, 9.17) is 4.42 Å². The molecule has 1 saturated heterocycles. The van der Waals surface area contributed by atoms with Crippen molar-refractivity contribution in [2.45, 2.75) is 25.7 Å². The van der Waals surface area contributed by atoms with Gasteiger partial charge in [0.15, 0.2) is 5.76 Å². The molecule has 2 fully saturated rings. The second kappa shape index (κ2) is 6.98. The van der Waals surface area contributed by atoms with Crippen molar-refractivity contribution in [1.29, 1.82) is 0 Å². The molecule has 2 amide bonds. The van der Waals surface area contributed by atoms with Gasteiger partial charge in [-0.15, -0.1) is 0 Å². The number of nitrogens with one attached hydrogen (secondary N) is 1. The van der Waals surface area contributed by atoms with Crippen molar-refractivity contribution < 1.29 is 14.0 Å². The molecule has 4 rings (SSSR count). The first-order valence-corrected chi connectivity index (χ1v) is 9.29. The summed E-state index contributed by atoms with van der Waals surface area (Å²) < 4.78 is 5.26. The molecule has 26 heavy (non-hydrogen) atoms. The zero-order valence-corrected chi connectivity index (χ0v) is 15.0. The molecule has 1 aromatic carbocycles. The Balaban J connectivity index is 1.56. The third-order valence-electron chi connectivity index (χ3n) is 5.53. The quantitative estimate of drug-likeness (QED) is 0.900. The van der Waals surface area contributed by atoms with E-state index in [0.717, 1.165) is 17.7 Å². The van der Waals surface area contributed by atoms with Crippen molar-refractivity contribution >= 4 is 11.8 Å². The number of aryl methyl sites for hydroxylation is 1. The summed E-state index contributed by atoms with van der Waals surface area (Å²) in [6.45, 7) is 3.77. The molecule has 5 nitrogen and oxygen atoms in total. The van der Waals surface area contributed by atoms with Crippen molar-refractivity contribution in [2.24, 2.45) is 11.8 Å². The number of rotatable bonds is 5. The van der Waals surface area contributed by atoms with Crippen LogP contribution in [0.2, 0.25) is 0 Å². The van der Waals surface area contributed by atoms with Crippen LogP contribution in [0.1, 0.15) is 40.4 Å². The van der Waals surface area contributed by atoms with Crippen LogP contribution in [0.5, 0.6) is 0 Å². The maximum atomic E-state index is 12.9. The van der Waals surface area contributed by atoms with Crippen LogP contribution in [0, 0.1) is 18.8 Å². The summed E-state index contributed by atoms with van der Waals surface area (Å²) in [5.41, 5.74) is 2.30. The van der Waals surface area contributed by atoms with Gasteiger partial charge in [0.1, 0.15) is 0 Å². The molecule has 136 valence electrons. The molecule has 1 aliphatic heterocycles. The Morgan fingerprint density at radius 3 is 2.65 bits per heavy atom. The third-order valence-corrected chi connectivity index (χ3v) is 5.53. The first-order valence-electron chi connectivity index (χ1n) is 9.29. The minimum absolute atomic E-state index is 0.00863. The Morgan fingerprint density at radius 2 is 1.96 bits per heavy atom. The summed E-state index contributed by atoms with van der Waals surface area (Å²) >= 11 is 0. The summed E-state index contributed by atoms with van der Waals surface area (Å²) in [6.07, 6.45) is 3.91. The van der Waals surface area contributed by atoms with Crippen molar-refractivity contribution in [3.63, 3.8) is 0 Å². The lowest BCUT2D eigenvalue weighted by Crippen LogP contribution is -2.36. The average Bonchev–Trinajstić information content (AvgIpc) is 3.13. The summed E-state index contributed by atoms with van der Waals surface area (Å²) in [4.78, 5) is 27.3. The fourth-order valence-corrected chi connectivity index (χ4v) is 3.81. The van der Waals surface area contributed by atoms with Crippen LogP contribution in [0.25, 0.3) is 0 Å². The number of carbonyl (C=O) groups is 2. The molecule has 0 radical (unpaired) electrons. The Labute approximate surface area is 153 Å². The standard InChI is InChI=1S/C21H24N2O3/c1-14-5-2-3-6-16(14)17-12-23(21(25)19-7-4-10-26-19)13-18(17)20(24)22-11-15-8-9-15/h2-7,10,15,17-18H,8-9,11-13H2,1H3,(H,22,24). The van der Waals surface area contributed by atoms with Gasteiger partial charge in [-0.05, 0) is 48.9 Å². The number of amides is 2. The smallest absolute Gasteiger partial charge is 0.289 e. The first-order chi connectivity index (χ1) is 12.6. The molecule has 2 aliphatic rings. The average molecular weight is 352 g/mol. The van der Waals surface area contributed by atoms with Crippen LogP contribution >= 0.6 is 0 Å².